The second-order valence-corrected chi connectivity index (χ2v) is 5.51. The van der Waals surface area contributed by atoms with Gasteiger partial charge in [-0.25, -0.2) is 4.79 Å². The van der Waals surface area contributed by atoms with Crippen molar-refractivity contribution in [2.45, 2.75) is 6.54 Å². The fourth-order valence-corrected chi connectivity index (χ4v) is 2.52. The van der Waals surface area contributed by atoms with Crippen LogP contribution in [0.3, 0.4) is 0 Å². The molecule has 21 heavy (non-hydrogen) atoms. The second kappa shape index (κ2) is 5.22. The summed E-state index contributed by atoms with van der Waals surface area (Å²) in [5, 5.41) is 0.957. The average molecular weight is 345 g/mol. The predicted molar refractivity (Wildman–Crippen MR) is 83.1 cm³/mol. The molecule has 0 saturated heterocycles. The molecule has 0 atom stereocenters. The Bertz CT molecular complexity index is 902. The highest BCUT2D eigenvalue weighted by atomic mass is 35.5. The van der Waals surface area contributed by atoms with Crippen LogP contribution >= 0.6 is 34.8 Å². The number of rotatable bonds is 2. The van der Waals surface area contributed by atoms with Crippen molar-refractivity contribution in [1.29, 1.82) is 0 Å². The number of nitrogens with zero attached hydrogens (tertiary/aromatic N) is 3. The van der Waals surface area contributed by atoms with Crippen LogP contribution in [0.4, 0.5) is 5.95 Å². The third kappa shape index (κ3) is 2.57. The summed E-state index contributed by atoms with van der Waals surface area (Å²) >= 11 is 17.8. The second-order valence-electron chi connectivity index (χ2n) is 4.34. The van der Waals surface area contributed by atoms with Gasteiger partial charge in [-0.05, 0) is 17.7 Å². The fraction of sp³-hybridized carbons (Fsp3) is 0.0833. The van der Waals surface area contributed by atoms with E-state index in [1.165, 1.54) is 4.57 Å². The standard InChI is InChI=1S/C12H8Cl3N5O/c13-6-2-1-5(3-7(6)14)4-20-10-8(17-12(20)21)9(15)18-11(16)19-10/h1-3H,4H2,(H,17,21)(H2,16,18,19). The lowest BCUT2D eigenvalue weighted by Crippen LogP contribution is -2.17. The summed E-state index contributed by atoms with van der Waals surface area (Å²) in [5.41, 5.74) is 6.68. The summed E-state index contributed by atoms with van der Waals surface area (Å²) in [6.07, 6.45) is 0. The number of nitrogens with one attached hydrogen (secondary N) is 1. The van der Waals surface area contributed by atoms with Gasteiger partial charge in [-0.3, -0.25) is 4.57 Å². The number of hydrogen-bond acceptors (Lipinski definition) is 4. The van der Waals surface area contributed by atoms with Crippen LogP contribution in [0.2, 0.25) is 15.2 Å². The van der Waals surface area contributed by atoms with Crippen molar-refractivity contribution in [3.05, 3.63) is 49.4 Å². The van der Waals surface area contributed by atoms with Gasteiger partial charge in [0.15, 0.2) is 10.8 Å². The first-order valence-electron chi connectivity index (χ1n) is 5.81. The maximum absolute atomic E-state index is 12.0. The molecule has 0 spiro atoms. The molecule has 0 bridgehead atoms. The molecular weight excluding hydrogens is 337 g/mol. The number of aromatic nitrogens is 4. The number of nitrogens with two attached hydrogens (primary N) is 1. The first-order valence-corrected chi connectivity index (χ1v) is 6.94. The minimum atomic E-state index is -0.363. The SMILES string of the molecule is Nc1nc(Cl)c2[nH]c(=O)n(Cc3ccc(Cl)c(Cl)c3)c2n1. The first-order chi connectivity index (χ1) is 9.95. The van der Waals surface area contributed by atoms with Gasteiger partial charge in [0, 0.05) is 0 Å². The number of fused-ring (bicyclic) bond motifs is 1. The molecule has 0 radical (unpaired) electrons. The number of anilines is 1. The van der Waals surface area contributed by atoms with Gasteiger partial charge in [0.2, 0.25) is 5.95 Å². The maximum atomic E-state index is 12.0. The Morgan fingerprint density at radius 3 is 2.67 bits per heavy atom. The molecule has 9 heteroatoms. The van der Waals surface area contributed by atoms with E-state index in [1.807, 2.05) is 0 Å². The molecule has 2 heterocycles. The summed E-state index contributed by atoms with van der Waals surface area (Å²) < 4.78 is 1.40. The number of halogens is 3. The number of imidazole rings is 1. The largest absolute Gasteiger partial charge is 0.368 e. The van der Waals surface area contributed by atoms with Crippen molar-refractivity contribution in [2.24, 2.45) is 0 Å². The van der Waals surface area contributed by atoms with Crippen LogP contribution < -0.4 is 11.4 Å². The van der Waals surface area contributed by atoms with E-state index < -0.39 is 0 Å². The highest BCUT2D eigenvalue weighted by Gasteiger charge is 2.14. The number of benzene rings is 1. The highest BCUT2D eigenvalue weighted by Crippen LogP contribution is 2.24. The molecule has 3 rings (SSSR count). The van der Waals surface area contributed by atoms with Crippen molar-refractivity contribution in [3.63, 3.8) is 0 Å². The van der Waals surface area contributed by atoms with Crippen LogP contribution in [0.1, 0.15) is 5.56 Å². The van der Waals surface area contributed by atoms with E-state index in [2.05, 4.69) is 15.0 Å². The van der Waals surface area contributed by atoms with E-state index in [0.717, 1.165) is 5.56 Å². The molecule has 0 saturated carbocycles. The minimum Gasteiger partial charge on any atom is -0.368 e. The van der Waals surface area contributed by atoms with Crippen molar-refractivity contribution < 1.29 is 0 Å². The summed E-state index contributed by atoms with van der Waals surface area (Å²) in [6, 6.07) is 5.11. The van der Waals surface area contributed by atoms with Gasteiger partial charge in [-0.1, -0.05) is 40.9 Å². The van der Waals surface area contributed by atoms with E-state index >= 15 is 0 Å². The van der Waals surface area contributed by atoms with E-state index in [1.54, 1.807) is 18.2 Å². The van der Waals surface area contributed by atoms with Crippen LogP contribution in [0.5, 0.6) is 0 Å². The van der Waals surface area contributed by atoms with Crippen LogP contribution in [0, 0.1) is 0 Å². The number of aromatic amines is 1. The van der Waals surface area contributed by atoms with Crippen LogP contribution in [-0.4, -0.2) is 19.5 Å². The molecule has 3 N–H and O–H groups in total. The van der Waals surface area contributed by atoms with Crippen LogP contribution in [0.15, 0.2) is 23.0 Å². The number of H-pyrrole nitrogens is 1. The van der Waals surface area contributed by atoms with Crippen LogP contribution in [0.25, 0.3) is 11.2 Å². The molecular formula is C12H8Cl3N5O. The third-order valence-corrected chi connectivity index (χ3v) is 3.93. The Balaban J connectivity index is 2.14. The zero-order chi connectivity index (χ0) is 15.1. The Labute approximate surface area is 133 Å². The molecule has 0 aliphatic carbocycles. The zero-order valence-corrected chi connectivity index (χ0v) is 12.7. The quantitative estimate of drug-likeness (QED) is 0.699. The zero-order valence-electron chi connectivity index (χ0n) is 10.4. The molecule has 0 aliphatic heterocycles. The average Bonchev–Trinajstić information content (AvgIpc) is 2.72. The third-order valence-electron chi connectivity index (χ3n) is 2.92. The molecule has 3 aromatic rings. The van der Waals surface area contributed by atoms with Crippen molar-refractivity contribution >= 4 is 51.9 Å². The summed E-state index contributed by atoms with van der Waals surface area (Å²) in [7, 11) is 0. The van der Waals surface area contributed by atoms with Crippen molar-refractivity contribution in [2.75, 3.05) is 5.73 Å². The molecule has 0 aliphatic rings. The highest BCUT2D eigenvalue weighted by molar-refractivity contribution is 6.42. The fourth-order valence-electron chi connectivity index (χ4n) is 1.98. The van der Waals surface area contributed by atoms with Gasteiger partial charge in [-0.15, -0.1) is 0 Å². The van der Waals surface area contributed by atoms with E-state index in [0.29, 0.717) is 21.2 Å². The predicted octanol–water partition coefficient (Wildman–Crippen LogP) is 2.71. The topological polar surface area (TPSA) is 89.6 Å². The summed E-state index contributed by atoms with van der Waals surface area (Å²) in [4.78, 5) is 22.5. The summed E-state index contributed by atoms with van der Waals surface area (Å²) in [5.74, 6) is -0.00520. The number of hydrogen-bond donors (Lipinski definition) is 2. The van der Waals surface area contributed by atoms with Gasteiger partial charge < -0.3 is 10.7 Å². The van der Waals surface area contributed by atoms with E-state index in [4.69, 9.17) is 40.5 Å². The van der Waals surface area contributed by atoms with Gasteiger partial charge >= 0.3 is 5.69 Å². The molecule has 108 valence electrons. The molecule has 0 fully saturated rings. The number of nitrogen functional groups attached to an aromatic ring is 1. The monoisotopic (exact) mass is 343 g/mol. The van der Waals surface area contributed by atoms with E-state index in [-0.39, 0.29) is 23.3 Å². The molecule has 6 nitrogen and oxygen atoms in total. The minimum absolute atomic E-state index is 0.00520. The Morgan fingerprint density at radius 1 is 1.19 bits per heavy atom. The van der Waals surface area contributed by atoms with E-state index in [9.17, 15) is 4.79 Å². The Morgan fingerprint density at radius 2 is 1.95 bits per heavy atom. The first kappa shape index (κ1) is 14.2. The Kier molecular flexibility index (Phi) is 3.52. The lowest BCUT2D eigenvalue weighted by atomic mass is 10.2. The summed E-state index contributed by atoms with van der Waals surface area (Å²) in [6.45, 7) is 0.252. The maximum Gasteiger partial charge on any atom is 0.328 e. The Hall–Kier alpha value is -1.76. The molecule has 2 aromatic heterocycles. The van der Waals surface area contributed by atoms with Gasteiger partial charge in [0.25, 0.3) is 0 Å². The molecule has 0 amide bonds. The smallest absolute Gasteiger partial charge is 0.328 e. The van der Waals surface area contributed by atoms with Gasteiger partial charge in [0.1, 0.15) is 5.52 Å². The molecule has 1 aromatic carbocycles. The van der Waals surface area contributed by atoms with Crippen LogP contribution in [-0.2, 0) is 6.54 Å². The van der Waals surface area contributed by atoms with Crippen molar-refractivity contribution in [1.82, 2.24) is 19.5 Å². The molecule has 0 unspecified atom stereocenters. The van der Waals surface area contributed by atoms with Gasteiger partial charge in [-0.2, -0.15) is 9.97 Å². The normalized spacial score (nSPS) is 11.2. The lowest BCUT2D eigenvalue weighted by Gasteiger charge is -2.05. The van der Waals surface area contributed by atoms with Crippen molar-refractivity contribution in [3.8, 4) is 0 Å². The van der Waals surface area contributed by atoms with Gasteiger partial charge in [0.05, 0.1) is 16.6 Å². The lowest BCUT2D eigenvalue weighted by molar-refractivity contribution is 0.778.